The molecular weight excluding hydrogens is 516 g/mol. The van der Waals surface area contributed by atoms with Gasteiger partial charge in [0.2, 0.25) is 0 Å². The fourth-order valence-corrected chi connectivity index (χ4v) is 3.40. The van der Waals surface area contributed by atoms with Gasteiger partial charge in [-0.15, -0.1) is 0 Å². The summed E-state index contributed by atoms with van der Waals surface area (Å²) in [5.41, 5.74) is 5.23. The number of hydrogen-bond donors (Lipinski definition) is 3. The van der Waals surface area contributed by atoms with Gasteiger partial charge < -0.3 is 24.8 Å². The van der Waals surface area contributed by atoms with Crippen molar-refractivity contribution in [2.75, 3.05) is 32.2 Å². The lowest BCUT2D eigenvalue weighted by Crippen LogP contribution is -2.34. The molecule has 0 atom stereocenters. The number of methoxy groups -OCH3 is 1. The third-order valence-corrected chi connectivity index (χ3v) is 5.32. The van der Waals surface area contributed by atoms with Crippen LogP contribution in [0.1, 0.15) is 38.8 Å². The molecule has 3 aromatic carbocycles. The van der Waals surface area contributed by atoms with Crippen molar-refractivity contribution in [3.63, 3.8) is 0 Å². The molecule has 0 heterocycles. The van der Waals surface area contributed by atoms with Gasteiger partial charge in [0.15, 0.2) is 18.1 Å². The lowest BCUT2D eigenvalue weighted by molar-refractivity contribution is -0.120. The number of ether oxygens (including phenoxy) is 3. The van der Waals surface area contributed by atoms with Crippen molar-refractivity contribution in [3.05, 3.63) is 89.0 Å². The number of anilines is 1. The van der Waals surface area contributed by atoms with Crippen LogP contribution >= 0.6 is 0 Å². The Morgan fingerprint density at radius 2 is 1.68 bits per heavy atom. The highest BCUT2D eigenvalue weighted by Crippen LogP contribution is 2.27. The van der Waals surface area contributed by atoms with Crippen molar-refractivity contribution in [1.82, 2.24) is 10.7 Å². The van der Waals surface area contributed by atoms with Crippen LogP contribution in [0.25, 0.3) is 0 Å². The summed E-state index contributed by atoms with van der Waals surface area (Å²) in [6.07, 6.45) is 1.40. The molecule has 0 unspecified atom stereocenters. The highest BCUT2D eigenvalue weighted by atomic mass is 16.5. The van der Waals surface area contributed by atoms with E-state index in [1.165, 1.54) is 13.3 Å². The molecule has 3 N–H and O–H groups in total. The number of aryl methyl sites for hydroxylation is 1. The topological polar surface area (TPSA) is 144 Å². The standard InChI is InChI=1S/C29H30N4O7/c1-4-39-29(37)21-9-11-23(12-10-21)32-27(35)18-40-24-13-8-20(15-25(24)38-3)16-31-33-26(34)17-30-28(36)22-7-5-6-19(2)14-22/h5-16H,4,17-18H2,1-3H3,(H,30,36)(H,32,35)(H,33,34). The first-order chi connectivity index (χ1) is 19.3. The highest BCUT2D eigenvalue weighted by molar-refractivity contribution is 5.97. The minimum atomic E-state index is -0.495. The van der Waals surface area contributed by atoms with E-state index < -0.39 is 17.8 Å². The summed E-state index contributed by atoms with van der Waals surface area (Å²) in [4.78, 5) is 48.2. The summed E-state index contributed by atoms with van der Waals surface area (Å²) in [7, 11) is 1.45. The minimum Gasteiger partial charge on any atom is -0.493 e. The number of hydrogen-bond acceptors (Lipinski definition) is 8. The minimum absolute atomic E-state index is 0.238. The number of hydrazone groups is 1. The molecule has 3 amide bonds. The normalized spacial score (nSPS) is 10.5. The molecule has 0 radical (unpaired) electrons. The second-order valence-corrected chi connectivity index (χ2v) is 8.39. The molecule has 3 aromatic rings. The molecule has 0 fully saturated rings. The second-order valence-electron chi connectivity index (χ2n) is 8.39. The molecule has 0 bridgehead atoms. The van der Waals surface area contributed by atoms with Gasteiger partial charge in [-0.3, -0.25) is 14.4 Å². The number of benzene rings is 3. The molecular formula is C29H30N4O7. The predicted octanol–water partition coefficient (Wildman–Crippen LogP) is 3.08. The first-order valence-electron chi connectivity index (χ1n) is 12.3. The van der Waals surface area contributed by atoms with Gasteiger partial charge in [0.05, 0.1) is 32.0 Å². The van der Waals surface area contributed by atoms with Crippen LogP contribution in [0.3, 0.4) is 0 Å². The van der Waals surface area contributed by atoms with E-state index in [9.17, 15) is 19.2 Å². The monoisotopic (exact) mass is 546 g/mol. The fraction of sp³-hybridized carbons (Fsp3) is 0.207. The summed E-state index contributed by atoms with van der Waals surface area (Å²) in [6.45, 7) is 3.35. The Morgan fingerprint density at radius 3 is 2.38 bits per heavy atom. The number of esters is 1. The molecule has 0 aliphatic rings. The van der Waals surface area contributed by atoms with E-state index in [-0.39, 0.29) is 25.7 Å². The van der Waals surface area contributed by atoms with Crippen molar-refractivity contribution >= 4 is 35.6 Å². The van der Waals surface area contributed by atoms with Crippen LogP contribution in [0.4, 0.5) is 5.69 Å². The van der Waals surface area contributed by atoms with Crippen LogP contribution < -0.4 is 25.5 Å². The van der Waals surface area contributed by atoms with E-state index in [1.54, 1.807) is 67.6 Å². The number of rotatable bonds is 12. The molecule has 0 aromatic heterocycles. The van der Waals surface area contributed by atoms with Crippen molar-refractivity contribution < 1.29 is 33.4 Å². The molecule has 40 heavy (non-hydrogen) atoms. The zero-order valence-electron chi connectivity index (χ0n) is 22.4. The van der Waals surface area contributed by atoms with Gasteiger partial charge in [-0.1, -0.05) is 17.7 Å². The first kappa shape index (κ1) is 29.4. The molecule has 0 saturated heterocycles. The maximum Gasteiger partial charge on any atom is 0.338 e. The third-order valence-electron chi connectivity index (χ3n) is 5.32. The number of nitrogens with one attached hydrogen (secondary N) is 3. The Hall–Kier alpha value is -5.19. The molecule has 3 rings (SSSR count). The van der Waals surface area contributed by atoms with Crippen LogP contribution in [-0.4, -0.2) is 56.8 Å². The van der Waals surface area contributed by atoms with E-state index >= 15 is 0 Å². The number of nitrogens with zero attached hydrogens (tertiary/aromatic N) is 1. The average molecular weight is 547 g/mol. The van der Waals surface area contributed by atoms with Crippen LogP contribution in [0.5, 0.6) is 11.5 Å². The van der Waals surface area contributed by atoms with E-state index in [0.717, 1.165) is 5.56 Å². The first-order valence-corrected chi connectivity index (χ1v) is 12.3. The van der Waals surface area contributed by atoms with E-state index in [0.29, 0.717) is 33.9 Å². The SMILES string of the molecule is CCOC(=O)c1ccc(NC(=O)COc2ccc(C=NNC(=O)CNC(=O)c3cccc(C)c3)cc2OC)cc1. The van der Waals surface area contributed by atoms with Crippen molar-refractivity contribution in [3.8, 4) is 11.5 Å². The third kappa shape index (κ3) is 8.98. The zero-order chi connectivity index (χ0) is 28.9. The Balaban J connectivity index is 1.46. The molecule has 0 saturated carbocycles. The van der Waals surface area contributed by atoms with Gasteiger partial charge >= 0.3 is 5.97 Å². The molecule has 0 spiro atoms. The summed E-state index contributed by atoms with van der Waals surface area (Å²) < 4.78 is 15.9. The van der Waals surface area contributed by atoms with E-state index in [1.807, 2.05) is 13.0 Å². The largest absolute Gasteiger partial charge is 0.493 e. The van der Waals surface area contributed by atoms with E-state index in [2.05, 4.69) is 21.2 Å². The Kier molecular flexibility index (Phi) is 10.8. The smallest absolute Gasteiger partial charge is 0.338 e. The summed E-state index contributed by atoms with van der Waals surface area (Å²) in [6, 6.07) is 18.2. The van der Waals surface area contributed by atoms with Crippen molar-refractivity contribution in [2.24, 2.45) is 5.10 Å². The number of carbonyl (C=O) groups is 4. The van der Waals surface area contributed by atoms with Crippen LogP contribution in [0, 0.1) is 6.92 Å². The quantitative estimate of drug-likeness (QED) is 0.180. The van der Waals surface area contributed by atoms with Crippen LogP contribution in [-0.2, 0) is 14.3 Å². The summed E-state index contributed by atoms with van der Waals surface area (Å²) in [5.74, 6) is -1.01. The summed E-state index contributed by atoms with van der Waals surface area (Å²) >= 11 is 0. The maximum absolute atomic E-state index is 12.3. The predicted molar refractivity (Wildman–Crippen MR) is 149 cm³/mol. The van der Waals surface area contributed by atoms with Crippen molar-refractivity contribution in [2.45, 2.75) is 13.8 Å². The van der Waals surface area contributed by atoms with Crippen LogP contribution in [0.15, 0.2) is 71.8 Å². The Labute approximate surface area is 231 Å². The van der Waals surface area contributed by atoms with Gasteiger partial charge in [-0.05, 0) is 74.0 Å². The van der Waals surface area contributed by atoms with Crippen LogP contribution in [0.2, 0.25) is 0 Å². The Bertz CT molecular complexity index is 1390. The summed E-state index contributed by atoms with van der Waals surface area (Å²) in [5, 5.41) is 9.11. The van der Waals surface area contributed by atoms with Gasteiger partial charge in [0.25, 0.3) is 17.7 Å². The van der Waals surface area contributed by atoms with Gasteiger partial charge in [0.1, 0.15) is 0 Å². The molecule has 11 nitrogen and oxygen atoms in total. The van der Waals surface area contributed by atoms with Crippen molar-refractivity contribution in [1.29, 1.82) is 0 Å². The second kappa shape index (κ2) is 14.7. The van der Waals surface area contributed by atoms with Gasteiger partial charge in [-0.2, -0.15) is 5.10 Å². The molecule has 11 heteroatoms. The molecule has 208 valence electrons. The lowest BCUT2D eigenvalue weighted by atomic mass is 10.1. The van der Waals surface area contributed by atoms with Gasteiger partial charge in [-0.25, -0.2) is 10.2 Å². The lowest BCUT2D eigenvalue weighted by Gasteiger charge is -2.11. The average Bonchev–Trinajstić information content (AvgIpc) is 2.95. The van der Waals surface area contributed by atoms with Gasteiger partial charge in [0, 0.05) is 11.3 Å². The molecule has 0 aliphatic carbocycles. The maximum atomic E-state index is 12.3. The Morgan fingerprint density at radius 1 is 0.900 bits per heavy atom. The number of amides is 3. The fourth-order valence-electron chi connectivity index (χ4n) is 3.40. The highest BCUT2D eigenvalue weighted by Gasteiger charge is 2.11. The zero-order valence-corrected chi connectivity index (χ0v) is 22.4. The number of carbonyl (C=O) groups excluding carboxylic acids is 4. The van der Waals surface area contributed by atoms with E-state index in [4.69, 9.17) is 14.2 Å². The molecule has 0 aliphatic heterocycles.